The summed E-state index contributed by atoms with van der Waals surface area (Å²) in [4.78, 5) is 11.8. The molecule has 2 heterocycles. The van der Waals surface area contributed by atoms with Gasteiger partial charge in [-0.15, -0.1) is 0 Å². The van der Waals surface area contributed by atoms with Crippen molar-refractivity contribution in [3.05, 3.63) is 42.1 Å². The van der Waals surface area contributed by atoms with Crippen LogP contribution in [-0.2, 0) is 6.54 Å². The maximum atomic E-state index is 5.26. The van der Waals surface area contributed by atoms with Gasteiger partial charge in [-0.2, -0.15) is 0 Å². The molecule has 0 aliphatic heterocycles. The summed E-state index contributed by atoms with van der Waals surface area (Å²) in [6, 6.07) is 10.6. The van der Waals surface area contributed by atoms with E-state index < -0.39 is 18.4 Å². The van der Waals surface area contributed by atoms with Gasteiger partial charge >= 0.3 is 160 Å². The summed E-state index contributed by atoms with van der Waals surface area (Å²) in [5.74, 6) is 1.83. The Morgan fingerprint density at radius 2 is 1.81 bits per heavy atom. The van der Waals surface area contributed by atoms with Crippen LogP contribution in [0.3, 0.4) is 0 Å². The molecule has 0 radical (unpaired) electrons. The fourth-order valence-electron chi connectivity index (χ4n) is 3.06. The third kappa shape index (κ3) is 3.97. The van der Waals surface area contributed by atoms with Crippen LogP contribution in [0.4, 0.5) is 5.82 Å². The second kappa shape index (κ2) is 7.46. The van der Waals surface area contributed by atoms with Crippen LogP contribution in [0, 0.1) is 0 Å². The number of fused-ring (bicyclic) bond motifs is 1. The summed E-state index contributed by atoms with van der Waals surface area (Å²) in [6.07, 6.45) is 1.88. The van der Waals surface area contributed by atoms with Crippen molar-refractivity contribution >= 4 is 38.8 Å². The number of ether oxygens (including phenoxy) is 1. The third-order valence-electron chi connectivity index (χ3n) is 4.29. The number of methoxy groups -OCH3 is 1. The van der Waals surface area contributed by atoms with Gasteiger partial charge in [0.15, 0.2) is 0 Å². The van der Waals surface area contributed by atoms with E-state index in [-0.39, 0.29) is 0 Å². The molecule has 2 aromatic heterocycles. The second-order valence-corrected chi connectivity index (χ2v) is 22.2. The topological polar surface area (TPSA) is 52.0 Å². The molecule has 0 aliphatic carbocycles. The molecule has 1 aromatic carbocycles. The fraction of sp³-hybridized carbons (Fsp3) is 0.400. The summed E-state index contributed by atoms with van der Waals surface area (Å²) in [5, 5.41) is 9.78. The zero-order chi connectivity index (χ0) is 18.9. The number of benzene rings is 1. The molecule has 6 heteroatoms. The molecule has 0 saturated heterocycles. The first-order chi connectivity index (χ1) is 12.3. The number of hydrogen-bond donors (Lipinski definition) is 1. The normalized spacial score (nSPS) is 12.0. The molecule has 5 nitrogen and oxygen atoms in total. The van der Waals surface area contributed by atoms with E-state index in [0.717, 1.165) is 23.6 Å². The molecule has 0 fully saturated rings. The van der Waals surface area contributed by atoms with E-state index in [1.807, 2.05) is 18.3 Å². The second-order valence-electron chi connectivity index (χ2n) is 7.96. The van der Waals surface area contributed by atoms with Gasteiger partial charge in [0.2, 0.25) is 0 Å². The maximum absolute atomic E-state index is 5.26. The van der Waals surface area contributed by atoms with Crippen molar-refractivity contribution in [1.82, 2.24) is 14.8 Å². The van der Waals surface area contributed by atoms with Gasteiger partial charge in [0.05, 0.1) is 0 Å². The molecule has 0 bridgehead atoms. The molecule has 0 spiro atoms. The Labute approximate surface area is 159 Å². The number of rotatable bonds is 6. The van der Waals surface area contributed by atoms with Crippen LogP contribution in [0.25, 0.3) is 10.9 Å². The van der Waals surface area contributed by atoms with Crippen molar-refractivity contribution in [2.24, 2.45) is 0 Å². The van der Waals surface area contributed by atoms with Crippen LogP contribution in [-0.4, -0.2) is 46.3 Å². The van der Waals surface area contributed by atoms with Crippen molar-refractivity contribution < 1.29 is 4.74 Å². The van der Waals surface area contributed by atoms with Crippen LogP contribution < -0.4 is 13.8 Å². The number of anilines is 1. The minimum atomic E-state index is -2.42. The van der Waals surface area contributed by atoms with Gasteiger partial charge in [-0.3, -0.25) is 0 Å². The standard InChI is InChI=1S/C17H19N4O.3CH3.Sn/c1-12(2)20-17-15-10-19-21(16(15)8-9-18-17)11-13-4-6-14(22-3)7-5-13;;;;/h4-9,12H,11H2,1-3H3,(H,18,20);3*1H3;. The number of nitrogens with zero attached hydrogens (tertiary/aromatic N) is 3. The molecular formula is C20H28N4OSn. The van der Waals surface area contributed by atoms with Gasteiger partial charge in [0.1, 0.15) is 0 Å². The molecular weight excluding hydrogens is 431 g/mol. The van der Waals surface area contributed by atoms with Crippen molar-refractivity contribution in [3.63, 3.8) is 0 Å². The molecule has 0 amide bonds. The van der Waals surface area contributed by atoms with Gasteiger partial charge in [-0.1, -0.05) is 0 Å². The van der Waals surface area contributed by atoms with E-state index in [1.165, 1.54) is 14.7 Å². The van der Waals surface area contributed by atoms with Crippen LogP contribution in [0.15, 0.2) is 36.5 Å². The van der Waals surface area contributed by atoms with E-state index >= 15 is 0 Å². The first kappa shape index (κ1) is 19.0. The Balaban J connectivity index is 2.10. The predicted octanol–water partition coefficient (Wildman–Crippen LogP) is 3.85. The summed E-state index contributed by atoms with van der Waals surface area (Å²) < 4.78 is 8.66. The molecule has 3 rings (SSSR count). The summed E-state index contributed by atoms with van der Waals surface area (Å²) in [5.41, 5.74) is 2.36. The van der Waals surface area contributed by atoms with Crippen LogP contribution in [0.5, 0.6) is 5.75 Å². The van der Waals surface area contributed by atoms with Crippen LogP contribution >= 0.6 is 0 Å². The van der Waals surface area contributed by atoms with E-state index in [1.54, 1.807) is 7.11 Å². The Morgan fingerprint density at radius 1 is 1.12 bits per heavy atom. The molecule has 0 saturated carbocycles. The van der Waals surface area contributed by atoms with E-state index in [0.29, 0.717) is 6.04 Å². The average molecular weight is 459 g/mol. The molecule has 0 aliphatic rings. The number of hydrogen-bond acceptors (Lipinski definition) is 4. The first-order valence-corrected chi connectivity index (χ1v) is 19.0. The fourth-order valence-corrected chi connectivity index (χ4v) is 7.10. The SMILES string of the molecule is COc1ccc(Cn2n[c]([Sn]([CH3])([CH3])[CH3])c3c(NC(C)C)nccc32)cc1. The third-order valence-corrected chi connectivity index (χ3v) is 9.35. The van der Waals surface area contributed by atoms with Gasteiger partial charge < -0.3 is 0 Å². The Morgan fingerprint density at radius 3 is 2.38 bits per heavy atom. The molecule has 0 atom stereocenters. The summed E-state index contributed by atoms with van der Waals surface area (Å²) >= 11 is -2.42. The monoisotopic (exact) mass is 460 g/mol. The summed E-state index contributed by atoms with van der Waals surface area (Å²) in [7, 11) is 1.69. The van der Waals surface area contributed by atoms with Crippen molar-refractivity contribution in [3.8, 4) is 5.75 Å². The molecule has 1 N–H and O–H groups in total. The van der Waals surface area contributed by atoms with E-state index in [2.05, 4.69) is 61.8 Å². The average Bonchev–Trinajstić information content (AvgIpc) is 2.95. The van der Waals surface area contributed by atoms with Gasteiger partial charge in [-0.05, 0) is 0 Å². The zero-order valence-corrected chi connectivity index (χ0v) is 19.4. The van der Waals surface area contributed by atoms with E-state index in [4.69, 9.17) is 9.84 Å². The molecule has 26 heavy (non-hydrogen) atoms. The number of pyridine rings is 1. The molecule has 0 unspecified atom stereocenters. The Kier molecular flexibility index (Phi) is 5.46. The number of aromatic nitrogens is 3. The predicted molar refractivity (Wildman–Crippen MR) is 111 cm³/mol. The van der Waals surface area contributed by atoms with E-state index in [9.17, 15) is 0 Å². The Hall–Kier alpha value is -1.76. The summed E-state index contributed by atoms with van der Waals surface area (Å²) in [6.45, 7) is 5.03. The first-order valence-electron chi connectivity index (χ1n) is 9.05. The quantitative estimate of drug-likeness (QED) is 0.570. The van der Waals surface area contributed by atoms with Gasteiger partial charge in [0, 0.05) is 0 Å². The zero-order valence-electron chi connectivity index (χ0n) is 16.5. The molecule has 138 valence electrons. The van der Waals surface area contributed by atoms with Crippen molar-refractivity contribution in [1.29, 1.82) is 0 Å². The minimum absolute atomic E-state index is 0.334. The van der Waals surface area contributed by atoms with Crippen molar-refractivity contribution in [2.45, 2.75) is 41.3 Å². The Bertz CT molecular complexity index is 895. The van der Waals surface area contributed by atoms with Crippen LogP contribution in [0.2, 0.25) is 14.8 Å². The number of nitrogens with one attached hydrogen (secondary N) is 1. The molecule has 3 aromatic rings. The van der Waals surface area contributed by atoms with Crippen LogP contribution in [0.1, 0.15) is 19.4 Å². The van der Waals surface area contributed by atoms with Crippen molar-refractivity contribution in [2.75, 3.05) is 12.4 Å². The van der Waals surface area contributed by atoms with Gasteiger partial charge in [0.25, 0.3) is 0 Å². The van der Waals surface area contributed by atoms with Gasteiger partial charge in [-0.25, -0.2) is 0 Å².